The number of nitrogens with two attached hydrogens (primary N) is 1. The minimum atomic E-state index is 0.0891. The maximum Gasteiger partial charge on any atom is 0.105 e. The van der Waals surface area contributed by atoms with Gasteiger partial charge in [-0.1, -0.05) is 10.6 Å². The van der Waals surface area contributed by atoms with Crippen LogP contribution in [0.1, 0.15) is 18.4 Å². The first-order valence-corrected chi connectivity index (χ1v) is 5.52. The van der Waals surface area contributed by atoms with E-state index in [4.69, 9.17) is 5.73 Å². The van der Waals surface area contributed by atoms with Crippen LogP contribution in [0.4, 0.5) is 0 Å². The zero-order valence-electron chi connectivity index (χ0n) is 7.73. The van der Waals surface area contributed by atoms with E-state index in [1.54, 1.807) is 0 Å². The van der Waals surface area contributed by atoms with Crippen molar-refractivity contribution in [2.24, 2.45) is 5.73 Å². The Bertz CT molecular complexity index is 473. The summed E-state index contributed by atoms with van der Waals surface area (Å²) in [7, 11) is 0. The van der Waals surface area contributed by atoms with Gasteiger partial charge < -0.3 is 5.73 Å². The van der Waals surface area contributed by atoms with Crippen molar-refractivity contribution in [2.45, 2.75) is 24.8 Å². The Labute approximate surface area is 86.1 Å². The second kappa shape index (κ2) is 2.74. The highest BCUT2D eigenvalue weighted by molar-refractivity contribution is 7.12. The van der Waals surface area contributed by atoms with Crippen LogP contribution >= 0.6 is 11.5 Å². The molecule has 2 aromatic rings. The summed E-state index contributed by atoms with van der Waals surface area (Å²) in [5.41, 5.74) is 8.45. The van der Waals surface area contributed by atoms with E-state index >= 15 is 0 Å². The zero-order valence-corrected chi connectivity index (χ0v) is 8.55. The summed E-state index contributed by atoms with van der Waals surface area (Å²) in [6, 6.07) is 6.30. The Kier molecular flexibility index (Phi) is 1.63. The molecular weight excluding hydrogens is 194 g/mol. The van der Waals surface area contributed by atoms with Crippen molar-refractivity contribution in [3.63, 3.8) is 0 Å². The molecule has 1 aromatic heterocycles. The molecule has 0 aliphatic heterocycles. The van der Waals surface area contributed by atoms with E-state index in [9.17, 15) is 0 Å². The zero-order chi connectivity index (χ0) is 9.60. The molecule has 1 aromatic carbocycles. The van der Waals surface area contributed by atoms with Gasteiger partial charge in [-0.15, -0.1) is 5.10 Å². The minimum absolute atomic E-state index is 0.0891. The third-order valence-corrected chi connectivity index (χ3v) is 3.45. The van der Waals surface area contributed by atoms with Crippen molar-refractivity contribution in [3.8, 4) is 0 Å². The first kappa shape index (κ1) is 8.32. The van der Waals surface area contributed by atoms with Crippen molar-refractivity contribution in [2.75, 3.05) is 0 Å². The van der Waals surface area contributed by atoms with Crippen molar-refractivity contribution >= 4 is 21.7 Å². The van der Waals surface area contributed by atoms with Crippen molar-refractivity contribution in [1.29, 1.82) is 0 Å². The smallest absolute Gasteiger partial charge is 0.105 e. The molecular formula is C10H11N3S. The normalized spacial score (nSPS) is 18.6. The summed E-state index contributed by atoms with van der Waals surface area (Å²) in [5.74, 6) is 0. The third-order valence-electron chi connectivity index (χ3n) is 2.76. The number of hydrogen-bond acceptors (Lipinski definition) is 4. The fraction of sp³-hybridized carbons (Fsp3) is 0.400. The highest BCUT2D eigenvalue weighted by atomic mass is 32.1. The lowest BCUT2D eigenvalue weighted by atomic mass is 10.1. The average molecular weight is 205 g/mol. The van der Waals surface area contributed by atoms with Crippen LogP contribution in [0, 0.1) is 0 Å². The number of rotatable bonds is 2. The van der Waals surface area contributed by atoms with Gasteiger partial charge >= 0.3 is 0 Å². The highest BCUT2D eigenvalue weighted by Crippen LogP contribution is 2.36. The summed E-state index contributed by atoms with van der Waals surface area (Å²) in [4.78, 5) is 0. The molecule has 0 atom stereocenters. The summed E-state index contributed by atoms with van der Waals surface area (Å²) in [6.07, 6.45) is 3.30. The van der Waals surface area contributed by atoms with Crippen LogP contribution < -0.4 is 5.73 Å². The molecule has 1 saturated carbocycles. The number of hydrogen-bond donors (Lipinski definition) is 1. The topological polar surface area (TPSA) is 51.8 Å². The summed E-state index contributed by atoms with van der Waals surface area (Å²) in [6.45, 7) is 0. The fourth-order valence-corrected chi connectivity index (χ4v) is 2.30. The predicted molar refractivity (Wildman–Crippen MR) is 57.3 cm³/mol. The lowest BCUT2D eigenvalue weighted by Gasteiger charge is -2.07. The molecule has 1 aliphatic rings. The maximum absolute atomic E-state index is 6.07. The molecule has 3 nitrogen and oxygen atoms in total. The Morgan fingerprint density at radius 1 is 1.43 bits per heavy atom. The van der Waals surface area contributed by atoms with Gasteiger partial charge in [0, 0.05) is 5.54 Å². The van der Waals surface area contributed by atoms with Crippen LogP contribution in [0.15, 0.2) is 18.2 Å². The molecule has 1 heterocycles. The summed E-state index contributed by atoms with van der Waals surface area (Å²) in [5, 5.41) is 4.01. The average Bonchev–Trinajstić information content (AvgIpc) is 2.73. The molecule has 4 heteroatoms. The minimum Gasteiger partial charge on any atom is -0.325 e. The van der Waals surface area contributed by atoms with E-state index in [-0.39, 0.29) is 5.54 Å². The molecule has 3 rings (SSSR count). The van der Waals surface area contributed by atoms with E-state index in [0.29, 0.717) is 0 Å². The summed E-state index contributed by atoms with van der Waals surface area (Å²) < 4.78 is 5.07. The van der Waals surface area contributed by atoms with Crippen molar-refractivity contribution in [3.05, 3.63) is 23.8 Å². The molecule has 2 N–H and O–H groups in total. The van der Waals surface area contributed by atoms with Gasteiger partial charge in [-0.25, -0.2) is 0 Å². The molecule has 0 spiro atoms. The van der Waals surface area contributed by atoms with Gasteiger partial charge in [0.2, 0.25) is 0 Å². The standard InChI is InChI=1S/C10H11N3S/c11-10(3-4-10)6-7-1-2-8-9(5-7)14-13-12-8/h1-2,5H,3-4,6,11H2. The first-order chi connectivity index (χ1) is 6.75. The van der Waals surface area contributed by atoms with Gasteiger partial charge in [-0.2, -0.15) is 0 Å². The maximum atomic E-state index is 6.07. The van der Waals surface area contributed by atoms with Gasteiger partial charge in [0.05, 0.1) is 4.70 Å². The molecule has 0 unspecified atom stereocenters. The molecule has 0 radical (unpaired) electrons. The molecule has 72 valence electrons. The lowest BCUT2D eigenvalue weighted by molar-refractivity contribution is 0.673. The summed E-state index contributed by atoms with van der Waals surface area (Å²) >= 11 is 1.45. The van der Waals surface area contributed by atoms with Crippen molar-refractivity contribution in [1.82, 2.24) is 9.59 Å². The molecule has 14 heavy (non-hydrogen) atoms. The molecule has 1 aliphatic carbocycles. The van der Waals surface area contributed by atoms with Gasteiger partial charge in [0.1, 0.15) is 5.52 Å². The SMILES string of the molecule is NC1(Cc2ccc3nnsc3c2)CC1. The van der Waals surface area contributed by atoms with E-state index in [1.807, 2.05) is 6.07 Å². The van der Waals surface area contributed by atoms with Gasteiger partial charge in [-0.3, -0.25) is 0 Å². The highest BCUT2D eigenvalue weighted by Gasteiger charge is 2.37. The van der Waals surface area contributed by atoms with Gasteiger partial charge in [0.15, 0.2) is 0 Å². The van der Waals surface area contributed by atoms with Gasteiger partial charge in [0.25, 0.3) is 0 Å². The van der Waals surface area contributed by atoms with E-state index in [2.05, 4.69) is 21.7 Å². The Morgan fingerprint density at radius 2 is 2.29 bits per heavy atom. The number of aromatic nitrogens is 2. The Balaban J connectivity index is 1.97. The number of benzene rings is 1. The number of nitrogens with zero attached hydrogens (tertiary/aromatic N) is 2. The van der Waals surface area contributed by atoms with E-state index < -0.39 is 0 Å². The van der Waals surface area contributed by atoms with Gasteiger partial charge in [-0.05, 0) is 48.5 Å². The monoisotopic (exact) mass is 205 g/mol. The lowest BCUT2D eigenvalue weighted by Crippen LogP contribution is -2.24. The quantitative estimate of drug-likeness (QED) is 0.812. The Morgan fingerprint density at radius 3 is 3.07 bits per heavy atom. The van der Waals surface area contributed by atoms with Crippen molar-refractivity contribution < 1.29 is 0 Å². The third kappa shape index (κ3) is 1.40. The number of fused-ring (bicyclic) bond motifs is 1. The fourth-order valence-electron chi connectivity index (χ4n) is 1.68. The second-order valence-corrected chi connectivity index (χ2v) is 4.90. The Hall–Kier alpha value is -1.00. The largest absolute Gasteiger partial charge is 0.325 e. The molecule has 0 saturated heterocycles. The molecule has 0 bridgehead atoms. The second-order valence-electron chi connectivity index (χ2n) is 4.11. The first-order valence-electron chi connectivity index (χ1n) is 4.75. The van der Waals surface area contributed by atoms with Crippen LogP contribution in [0.2, 0.25) is 0 Å². The van der Waals surface area contributed by atoms with Crippen LogP contribution in [0.25, 0.3) is 10.2 Å². The van der Waals surface area contributed by atoms with E-state index in [1.165, 1.54) is 17.1 Å². The van der Waals surface area contributed by atoms with Crippen LogP contribution in [0.3, 0.4) is 0 Å². The van der Waals surface area contributed by atoms with Crippen LogP contribution in [0.5, 0.6) is 0 Å². The van der Waals surface area contributed by atoms with E-state index in [0.717, 1.165) is 29.5 Å². The van der Waals surface area contributed by atoms with Crippen LogP contribution in [-0.4, -0.2) is 15.1 Å². The molecule has 0 amide bonds. The molecule has 1 fully saturated rings. The predicted octanol–water partition coefficient (Wildman–Crippen LogP) is 1.73. The van der Waals surface area contributed by atoms with Crippen LogP contribution in [-0.2, 0) is 6.42 Å².